The molecule has 0 saturated heterocycles. The molecule has 0 unspecified atom stereocenters. The van der Waals surface area contributed by atoms with Gasteiger partial charge in [-0.3, -0.25) is 19.8 Å². The monoisotopic (exact) mass is 438 g/mol. The van der Waals surface area contributed by atoms with Crippen LogP contribution in [-0.2, 0) is 4.74 Å². The highest BCUT2D eigenvalue weighted by Gasteiger charge is 2.43. The van der Waals surface area contributed by atoms with E-state index in [1.165, 1.54) is 0 Å². The van der Waals surface area contributed by atoms with Gasteiger partial charge in [0.05, 0.1) is 23.6 Å². The highest BCUT2D eigenvalue weighted by molar-refractivity contribution is 6.11. The molecule has 1 N–H and O–H groups in total. The Labute approximate surface area is 191 Å². The molecule has 1 aliphatic rings. The Morgan fingerprint density at radius 2 is 1.82 bits per heavy atom. The number of rotatable bonds is 5. The maximum Gasteiger partial charge on any atom is 0.338 e. The Balaban J connectivity index is 1.62. The van der Waals surface area contributed by atoms with Gasteiger partial charge in [-0.1, -0.05) is 35.9 Å². The molecule has 1 atom stereocenters. The number of aromatic amines is 1. The Hall–Kier alpha value is -4.26. The van der Waals surface area contributed by atoms with Crippen molar-refractivity contribution >= 4 is 17.6 Å². The molecule has 33 heavy (non-hydrogen) atoms. The number of pyridine rings is 1. The van der Waals surface area contributed by atoms with Crippen LogP contribution in [0.1, 0.15) is 50.6 Å². The molecule has 2 aromatic heterocycles. The number of amides is 1. The van der Waals surface area contributed by atoms with E-state index in [0.29, 0.717) is 23.6 Å². The number of benzene rings is 2. The number of esters is 1. The summed E-state index contributed by atoms with van der Waals surface area (Å²) in [6.45, 7) is 4.09. The molecule has 164 valence electrons. The van der Waals surface area contributed by atoms with Crippen molar-refractivity contribution in [2.75, 3.05) is 11.5 Å². The van der Waals surface area contributed by atoms with Gasteiger partial charge in [-0.25, -0.2) is 4.79 Å². The summed E-state index contributed by atoms with van der Waals surface area (Å²) in [5.74, 6) is -0.593. The Bertz CT molecular complexity index is 1310. The van der Waals surface area contributed by atoms with Gasteiger partial charge in [0.25, 0.3) is 5.91 Å². The minimum Gasteiger partial charge on any atom is -0.462 e. The van der Waals surface area contributed by atoms with Crippen molar-refractivity contribution in [1.82, 2.24) is 15.2 Å². The minimum absolute atomic E-state index is 0.199. The molecule has 1 aliphatic heterocycles. The van der Waals surface area contributed by atoms with E-state index in [2.05, 4.69) is 15.2 Å². The predicted molar refractivity (Wildman–Crippen MR) is 124 cm³/mol. The van der Waals surface area contributed by atoms with Gasteiger partial charge in [0.15, 0.2) is 0 Å². The second-order valence-electron chi connectivity index (χ2n) is 7.83. The molecular formula is C26H22N4O3. The number of H-pyrrole nitrogens is 1. The van der Waals surface area contributed by atoms with E-state index in [4.69, 9.17) is 4.74 Å². The normalized spacial score (nSPS) is 14.9. The van der Waals surface area contributed by atoms with E-state index in [0.717, 1.165) is 28.1 Å². The summed E-state index contributed by atoms with van der Waals surface area (Å²) in [5, 5.41) is 7.44. The standard InChI is InChI=1S/C26H22N4O3/c1-3-33-26(32)18-11-13-19(14-12-18)30-24(20-6-4-5-15-27-20)21-22(28-29-23(21)25(30)31)17-9-7-16(2)8-10-17/h4-15,24H,3H2,1-2H3,(H,28,29)/t24-/m0/s1. The molecule has 0 fully saturated rings. The Kier molecular flexibility index (Phi) is 5.22. The summed E-state index contributed by atoms with van der Waals surface area (Å²) in [4.78, 5) is 31.9. The largest absolute Gasteiger partial charge is 0.462 e. The second-order valence-corrected chi connectivity index (χ2v) is 7.83. The molecule has 1 amide bonds. The predicted octanol–water partition coefficient (Wildman–Crippen LogP) is 4.71. The summed E-state index contributed by atoms with van der Waals surface area (Å²) < 4.78 is 5.07. The van der Waals surface area contributed by atoms with Gasteiger partial charge >= 0.3 is 5.97 Å². The van der Waals surface area contributed by atoms with Crippen LogP contribution in [0.25, 0.3) is 11.3 Å². The topological polar surface area (TPSA) is 88.2 Å². The summed E-state index contributed by atoms with van der Waals surface area (Å²) >= 11 is 0. The molecule has 7 heteroatoms. The van der Waals surface area contributed by atoms with Crippen molar-refractivity contribution in [3.8, 4) is 11.3 Å². The lowest BCUT2D eigenvalue weighted by Crippen LogP contribution is -2.29. The SMILES string of the molecule is CCOC(=O)c1ccc(N2C(=O)c3[nH]nc(-c4ccc(C)cc4)c3[C@@H]2c2ccccn2)cc1. The van der Waals surface area contributed by atoms with Crippen molar-refractivity contribution in [2.45, 2.75) is 19.9 Å². The lowest BCUT2D eigenvalue weighted by Gasteiger charge is -2.25. The van der Waals surface area contributed by atoms with Crippen LogP contribution in [-0.4, -0.2) is 33.7 Å². The maximum atomic E-state index is 13.5. The molecule has 0 spiro atoms. The molecule has 0 bridgehead atoms. The third-order valence-corrected chi connectivity index (χ3v) is 5.72. The van der Waals surface area contributed by atoms with E-state index in [1.54, 1.807) is 42.3 Å². The quantitative estimate of drug-likeness (QED) is 0.456. The van der Waals surface area contributed by atoms with Crippen LogP contribution in [0.15, 0.2) is 72.9 Å². The van der Waals surface area contributed by atoms with E-state index < -0.39 is 12.0 Å². The maximum absolute atomic E-state index is 13.5. The third kappa shape index (κ3) is 3.57. The van der Waals surface area contributed by atoms with Crippen molar-refractivity contribution in [3.05, 3.63) is 101 Å². The molecule has 0 radical (unpaired) electrons. The second kappa shape index (κ2) is 8.35. The van der Waals surface area contributed by atoms with Gasteiger partial charge in [-0.05, 0) is 50.2 Å². The number of fused-ring (bicyclic) bond motifs is 1. The first-order chi connectivity index (χ1) is 16.1. The van der Waals surface area contributed by atoms with Gasteiger partial charge in [-0.15, -0.1) is 0 Å². The number of carbonyl (C=O) groups is 2. The first kappa shape index (κ1) is 20.6. The van der Waals surface area contributed by atoms with Gasteiger partial charge in [0, 0.05) is 23.0 Å². The lowest BCUT2D eigenvalue weighted by molar-refractivity contribution is 0.0526. The van der Waals surface area contributed by atoms with E-state index in [1.807, 2.05) is 49.4 Å². The molecule has 0 aliphatic carbocycles. The van der Waals surface area contributed by atoms with Crippen molar-refractivity contribution in [1.29, 1.82) is 0 Å². The number of nitrogens with one attached hydrogen (secondary N) is 1. The number of hydrogen-bond acceptors (Lipinski definition) is 5. The Morgan fingerprint density at radius 3 is 2.48 bits per heavy atom. The smallest absolute Gasteiger partial charge is 0.338 e. The molecule has 4 aromatic rings. The number of aryl methyl sites for hydroxylation is 1. The van der Waals surface area contributed by atoms with Crippen molar-refractivity contribution < 1.29 is 14.3 Å². The average molecular weight is 438 g/mol. The summed E-state index contributed by atoms with van der Waals surface area (Å²) in [6, 6.07) is 20.1. The first-order valence-corrected chi connectivity index (χ1v) is 10.8. The van der Waals surface area contributed by atoms with Gasteiger partial charge in [0.2, 0.25) is 0 Å². The Morgan fingerprint density at radius 1 is 1.06 bits per heavy atom. The molecular weight excluding hydrogens is 416 g/mol. The van der Waals surface area contributed by atoms with Crippen molar-refractivity contribution in [3.63, 3.8) is 0 Å². The van der Waals surface area contributed by atoms with Crippen LogP contribution in [0.5, 0.6) is 0 Å². The zero-order valence-corrected chi connectivity index (χ0v) is 18.3. The summed E-state index contributed by atoms with van der Waals surface area (Å²) in [6.07, 6.45) is 1.71. The van der Waals surface area contributed by atoms with E-state index >= 15 is 0 Å². The zero-order valence-electron chi connectivity index (χ0n) is 18.3. The van der Waals surface area contributed by atoms with Gasteiger partial charge < -0.3 is 4.74 Å². The third-order valence-electron chi connectivity index (χ3n) is 5.72. The van der Waals surface area contributed by atoms with Crippen LogP contribution in [0.2, 0.25) is 0 Å². The van der Waals surface area contributed by atoms with Gasteiger partial charge in [0.1, 0.15) is 11.7 Å². The molecule has 0 saturated carbocycles. The summed E-state index contributed by atoms with van der Waals surface area (Å²) in [7, 11) is 0. The molecule has 3 heterocycles. The van der Waals surface area contributed by atoms with Crippen LogP contribution in [0.3, 0.4) is 0 Å². The number of ether oxygens (including phenoxy) is 1. The fraction of sp³-hybridized carbons (Fsp3) is 0.154. The number of nitrogens with zero attached hydrogens (tertiary/aromatic N) is 3. The lowest BCUT2D eigenvalue weighted by atomic mass is 9.98. The number of hydrogen-bond donors (Lipinski definition) is 1. The van der Waals surface area contributed by atoms with Crippen molar-refractivity contribution in [2.24, 2.45) is 0 Å². The highest BCUT2D eigenvalue weighted by Crippen LogP contribution is 2.44. The fourth-order valence-corrected chi connectivity index (χ4v) is 4.13. The van der Waals surface area contributed by atoms with E-state index in [-0.39, 0.29) is 5.91 Å². The highest BCUT2D eigenvalue weighted by atomic mass is 16.5. The van der Waals surface area contributed by atoms with Gasteiger partial charge in [-0.2, -0.15) is 5.10 Å². The molecule has 2 aromatic carbocycles. The van der Waals surface area contributed by atoms with E-state index in [9.17, 15) is 9.59 Å². The minimum atomic E-state index is -0.461. The van der Waals surface area contributed by atoms with Crippen LogP contribution in [0.4, 0.5) is 5.69 Å². The summed E-state index contributed by atoms with van der Waals surface area (Å²) in [5.41, 5.74) is 5.84. The molecule has 7 nitrogen and oxygen atoms in total. The van der Waals surface area contributed by atoms with Crippen LogP contribution < -0.4 is 4.90 Å². The van der Waals surface area contributed by atoms with Crippen LogP contribution >= 0.6 is 0 Å². The first-order valence-electron chi connectivity index (χ1n) is 10.8. The fourth-order valence-electron chi connectivity index (χ4n) is 4.13. The number of anilines is 1. The number of carbonyl (C=O) groups excluding carboxylic acids is 2. The number of aromatic nitrogens is 3. The zero-order chi connectivity index (χ0) is 22.9. The average Bonchev–Trinajstić information content (AvgIpc) is 3.39. The molecule has 5 rings (SSSR count). The van der Waals surface area contributed by atoms with Crippen LogP contribution in [0, 0.1) is 6.92 Å².